The Morgan fingerprint density at radius 2 is 2.08 bits per heavy atom. The van der Waals surface area contributed by atoms with E-state index in [0.717, 1.165) is 37.5 Å². The third-order valence-electron chi connectivity index (χ3n) is 3.31. The monoisotopic (exact) mass is 180 g/mol. The number of aliphatic hydroxyl groups is 1. The zero-order valence-corrected chi connectivity index (χ0v) is 8.71. The second-order valence-electron chi connectivity index (χ2n) is 4.61. The van der Waals surface area contributed by atoms with Crippen LogP contribution in [0, 0.1) is 24.2 Å². The predicted octanol–water partition coefficient (Wildman–Crippen LogP) is 2.59. The summed E-state index contributed by atoms with van der Waals surface area (Å²) in [5.74, 6) is 4.01. The first kappa shape index (κ1) is 10.6. The number of rotatable bonds is 1. The van der Waals surface area contributed by atoms with Crippen LogP contribution in [0.4, 0.5) is 0 Å². The van der Waals surface area contributed by atoms with Crippen molar-refractivity contribution in [2.24, 2.45) is 11.8 Å². The molecule has 2 unspecified atom stereocenters. The van der Waals surface area contributed by atoms with Crippen LogP contribution in [0.5, 0.6) is 0 Å². The van der Waals surface area contributed by atoms with Gasteiger partial charge in [-0.2, -0.15) is 0 Å². The molecule has 1 heteroatoms. The maximum absolute atomic E-state index is 9.92. The molecule has 0 heterocycles. The van der Waals surface area contributed by atoms with Gasteiger partial charge in [0, 0.05) is 0 Å². The molecule has 0 aromatic rings. The minimum absolute atomic E-state index is 0.722. The molecule has 0 amide bonds. The molecule has 74 valence electrons. The molecule has 0 bridgehead atoms. The zero-order chi connectivity index (χ0) is 9.90. The van der Waals surface area contributed by atoms with Crippen molar-refractivity contribution in [1.82, 2.24) is 0 Å². The van der Waals surface area contributed by atoms with Crippen molar-refractivity contribution in [2.45, 2.75) is 51.6 Å². The lowest BCUT2D eigenvalue weighted by Gasteiger charge is -2.20. The molecule has 1 fully saturated rings. The first-order valence-corrected chi connectivity index (χ1v) is 5.27. The van der Waals surface area contributed by atoms with Gasteiger partial charge < -0.3 is 5.11 Å². The predicted molar refractivity (Wildman–Crippen MR) is 55.2 cm³/mol. The van der Waals surface area contributed by atoms with Crippen molar-refractivity contribution < 1.29 is 5.11 Å². The SMILES string of the molecule is C#CC1(O)CCCC(C(C)C)CC1. The largest absolute Gasteiger partial charge is 0.378 e. The molecule has 0 aromatic carbocycles. The van der Waals surface area contributed by atoms with E-state index in [2.05, 4.69) is 19.8 Å². The van der Waals surface area contributed by atoms with E-state index in [1.165, 1.54) is 6.42 Å². The molecule has 0 aromatic heterocycles. The van der Waals surface area contributed by atoms with Gasteiger partial charge in [0.05, 0.1) is 0 Å². The van der Waals surface area contributed by atoms with Crippen LogP contribution in [0.15, 0.2) is 0 Å². The molecule has 0 spiro atoms. The maximum atomic E-state index is 9.92. The van der Waals surface area contributed by atoms with Gasteiger partial charge in [-0.25, -0.2) is 0 Å². The molecule has 13 heavy (non-hydrogen) atoms. The van der Waals surface area contributed by atoms with Gasteiger partial charge in [0.15, 0.2) is 0 Å². The molecule has 1 saturated carbocycles. The van der Waals surface area contributed by atoms with E-state index in [9.17, 15) is 5.11 Å². The summed E-state index contributed by atoms with van der Waals surface area (Å²) in [6.07, 6.45) is 10.3. The van der Waals surface area contributed by atoms with E-state index >= 15 is 0 Å². The van der Waals surface area contributed by atoms with Crippen molar-refractivity contribution in [2.75, 3.05) is 0 Å². The fourth-order valence-electron chi connectivity index (χ4n) is 2.16. The molecule has 1 aliphatic rings. The number of terminal acetylenes is 1. The van der Waals surface area contributed by atoms with Crippen LogP contribution < -0.4 is 0 Å². The Balaban J connectivity index is 2.55. The van der Waals surface area contributed by atoms with Crippen LogP contribution in [-0.2, 0) is 0 Å². The fraction of sp³-hybridized carbons (Fsp3) is 0.833. The van der Waals surface area contributed by atoms with Gasteiger partial charge in [0.25, 0.3) is 0 Å². The average molecular weight is 180 g/mol. The Labute approximate surface area is 81.5 Å². The quantitative estimate of drug-likeness (QED) is 0.486. The lowest BCUT2D eigenvalue weighted by Crippen LogP contribution is -2.25. The normalized spacial score (nSPS) is 35.5. The number of hydrogen-bond acceptors (Lipinski definition) is 1. The first-order chi connectivity index (χ1) is 6.07. The lowest BCUT2D eigenvalue weighted by molar-refractivity contribution is 0.0830. The molecule has 1 nitrogen and oxygen atoms in total. The second kappa shape index (κ2) is 4.15. The Bertz CT molecular complexity index is 202. The van der Waals surface area contributed by atoms with E-state index < -0.39 is 5.60 Å². The molecule has 1 aliphatic carbocycles. The van der Waals surface area contributed by atoms with Crippen LogP contribution in [0.25, 0.3) is 0 Å². The highest BCUT2D eigenvalue weighted by Crippen LogP contribution is 2.33. The smallest absolute Gasteiger partial charge is 0.125 e. The van der Waals surface area contributed by atoms with Gasteiger partial charge in [-0.05, 0) is 37.5 Å². The van der Waals surface area contributed by atoms with Crippen LogP contribution in [0.1, 0.15) is 46.0 Å². The van der Waals surface area contributed by atoms with E-state index in [1.807, 2.05) is 0 Å². The van der Waals surface area contributed by atoms with Crippen molar-refractivity contribution in [1.29, 1.82) is 0 Å². The maximum Gasteiger partial charge on any atom is 0.125 e. The molecule has 0 saturated heterocycles. The third-order valence-corrected chi connectivity index (χ3v) is 3.31. The van der Waals surface area contributed by atoms with Crippen LogP contribution in [0.2, 0.25) is 0 Å². The molecule has 1 N–H and O–H groups in total. The Morgan fingerprint density at radius 3 is 2.62 bits per heavy atom. The van der Waals surface area contributed by atoms with E-state index in [1.54, 1.807) is 0 Å². The summed E-state index contributed by atoms with van der Waals surface area (Å²) in [4.78, 5) is 0. The van der Waals surface area contributed by atoms with Gasteiger partial charge in [-0.1, -0.05) is 26.2 Å². The molecule has 1 rings (SSSR count). The minimum Gasteiger partial charge on any atom is -0.378 e. The summed E-state index contributed by atoms with van der Waals surface area (Å²) >= 11 is 0. The van der Waals surface area contributed by atoms with Gasteiger partial charge >= 0.3 is 0 Å². The zero-order valence-electron chi connectivity index (χ0n) is 8.71. The highest BCUT2D eigenvalue weighted by atomic mass is 16.3. The van der Waals surface area contributed by atoms with Gasteiger partial charge in [0.1, 0.15) is 5.60 Å². The number of hydrogen-bond donors (Lipinski definition) is 1. The lowest BCUT2D eigenvalue weighted by atomic mass is 9.88. The summed E-state index contributed by atoms with van der Waals surface area (Å²) in [5.41, 5.74) is -0.802. The molecule has 0 aliphatic heterocycles. The van der Waals surface area contributed by atoms with Crippen LogP contribution >= 0.6 is 0 Å². The summed E-state index contributed by atoms with van der Waals surface area (Å²) in [5, 5.41) is 9.92. The summed E-state index contributed by atoms with van der Waals surface area (Å²) < 4.78 is 0. The standard InChI is InChI=1S/C12H20O/c1-4-12(13)8-5-6-11(7-9-12)10(2)3/h1,10-11,13H,5-9H2,2-3H3. The molecular weight excluding hydrogens is 160 g/mol. The van der Waals surface area contributed by atoms with Crippen molar-refractivity contribution in [3.63, 3.8) is 0 Å². The second-order valence-corrected chi connectivity index (χ2v) is 4.61. The van der Waals surface area contributed by atoms with Crippen molar-refractivity contribution in [3.8, 4) is 12.3 Å². The van der Waals surface area contributed by atoms with Crippen molar-refractivity contribution >= 4 is 0 Å². The van der Waals surface area contributed by atoms with Gasteiger partial charge in [-0.3, -0.25) is 0 Å². The van der Waals surface area contributed by atoms with Crippen molar-refractivity contribution in [3.05, 3.63) is 0 Å². The summed E-state index contributed by atoms with van der Waals surface area (Å²) in [7, 11) is 0. The Hall–Kier alpha value is -0.480. The average Bonchev–Trinajstić information content (AvgIpc) is 2.28. The third kappa shape index (κ3) is 2.74. The summed E-state index contributed by atoms with van der Waals surface area (Å²) in [6.45, 7) is 4.51. The fourth-order valence-corrected chi connectivity index (χ4v) is 2.16. The van der Waals surface area contributed by atoms with Gasteiger partial charge in [0.2, 0.25) is 0 Å². The van der Waals surface area contributed by atoms with E-state index in [0.29, 0.717) is 0 Å². The molecule has 0 radical (unpaired) electrons. The first-order valence-electron chi connectivity index (χ1n) is 5.27. The Kier molecular flexibility index (Phi) is 3.39. The molecule has 2 atom stereocenters. The highest BCUT2D eigenvalue weighted by molar-refractivity contribution is 5.08. The van der Waals surface area contributed by atoms with E-state index in [4.69, 9.17) is 6.42 Å². The molecular formula is C12H20O. The highest BCUT2D eigenvalue weighted by Gasteiger charge is 2.29. The van der Waals surface area contributed by atoms with Gasteiger partial charge in [-0.15, -0.1) is 6.42 Å². The van der Waals surface area contributed by atoms with E-state index in [-0.39, 0.29) is 0 Å². The van der Waals surface area contributed by atoms with Crippen LogP contribution in [-0.4, -0.2) is 10.7 Å². The Morgan fingerprint density at radius 1 is 1.38 bits per heavy atom. The summed E-state index contributed by atoms with van der Waals surface area (Å²) in [6, 6.07) is 0. The minimum atomic E-state index is -0.802. The van der Waals surface area contributed by atoms with Crippen LogP contribution in [0.3, 0.4) is 0 Å². The topological polar surface area (TPSA) is 20.2 Å².